The highest BCUT2D eigenvalue weighted by atomic mass is 19.4. The van der Waals surface area contributed by atoms with Crippen molar-refractivity contribution in [3.8, 4) is 5.75 Å². The molecule has 3 aliphatic rings. The lowest BCUT2D eigenvalue weighted by molar-refractivity contribution is -0.174. The molecule has 2 aliphatic heterocycles. The van der Waals surface area contributed by atoms with Crippen LogP contribution in [-0.4, -0.2) is 43.2 Å². The van der Waals surface area contributed by atoms with Gasteiger partial charge in [-0.05, 0) is 55.5 Å². The summed E-state index contributed by atoms with van der Waals surface area (Å²) < 4.78 is 47.0. The Morgan fingerprint density at radius 2 is 1.97 bits per heavy atom. The van der Waals surface area contributed by atoms with E-state index in [9.17, 15) is 18.0 Å². The molecule has 4 atom stereocenters. The number of amides is 1. The van der Waals surface area contributed by atoms with Crippen LogP contribution < -0.4 is 10.1 Å². The van der Waals surface area contributed by atoms with Crippen LogP contribution in [-0.2, 0) is 4.79 Å². The van der Waals surface area contributed by atoms with Crippen molar-refractivity contribution in [2.75, 3.05) is 20.2 Å². The molecule has 0 aromatic heterocycles. The van der Waals surface area contributed by atoms with E-state index in [0.29, 0.717) is 18.0 Å². The predicted molar refractivity (Wildman–Crippen MR) is 108 cm³/mol. The monoisotopic (exact) mass is 420 g/mol. The van der Waals surface area contributed by atoms with Gasteiger partial charge in [0.2, 0.25) is 5.91 Å². The first-order chi connectivity index (χ1) is 14.4. The number of fused-ring (bicyclic) bond motifs is 1. The minimum absolute atomic E-state index is 0.0884. The summed E-state index contributed by atoms with van der Waals surface area (Å²) >= 11 is 0. The predicted octanol–water partition coefficient (Wildman–Crippen LogP) is 4.40. The molecule has 7 heteroatoms. The highest BCUT2D eigenvalue weighted by Gasteiger charge is 2.49. The summed E-state index contributed by atoms with van der Waals surface area (Å²) in [4.78, 5) is 15.0. The molecule has 2 saturated heterocycles. The fourth-order valence-electron chi connectivity index (χ4n) is 5.02. The number of benzene rings is 1. The van der Waals surface area contributed by atoms with Crippen molar-refractivity contribution in [3.63, 3.8) is 0 Å². The molecule has 2 heterocycles. The van der Waals surface area contributed by atoms with Gasteiger partial charge < -0.3 is 15.0 Å². The second kappa shape index (κ2) is 8.46. The van der Waals surface area contributed by atoms with Gasteiger partial charge in [-0.3, -0.25) is 4.79 Å². The third-order valence-electron chi connectivity index (χ3n) is 6.51. The first-order valence-electron chi connectivity index (χ1n) is 10.5. The van der Waals surface area contributed by atoms with Gasteiger partial charge in [0.25, 0.3) is 0 Å². The van der Waals surface area contributed by atoms with E-state index in [1.807, 2.05) is 12.1 Å². The van der Waals surface area contributed by atoms with E-state index in [1.165, 1.54) is 12.2 Å². The zero-order chi connectivity index (χ0) is 21.3. The van der Waals surface area contributed by atoms with Crippen molar-refractivity contribution in [1.82, 2.24) is 10.2 Å². The van der Waals surface area contributed by atoms with Crippen molar-refractivity contribution < 1.29 is 22.7 Å². The number of halogens is 3. The molecule has 30 heavy (non-hydrogen) atoms. The molecule has 0 saturated carbocycles. The van der Waals surface area contributed by atoms with Gasteiger partial charge in [0.15, 0.2) is 0 Å². The SMILES string of the molecule is COc1ccc(C2CC(=O)N(C3CCCNC3)C3=CC=CC(C(F)(F)F)C3C2)cc1. The third-order valence-corrected chi connectivity index (χ3v) is 6.51. The molecule has 0 bridgehead atoms. The van der Waals surface area contributed by atoms with Gasteiger partial charge in [0, 0.05) is 30.6 Å². The largest absolute Gasteiger partial charge is 0.497 e. The maximum atomic E-state index is 13.9. The normalized spacial score (nSPS) is 29.8. The van der Waals surface area contributed by atoms with Crippen LogP contribution in [0.4, 0.5) is 13.2 Å². The van der Waals surface area contributed by atoms with Crippen LogP contribution in [0.1, 0.15) is 37.2 Å². The number of piperidine rings is 1. The van der Waals surface area contributed by atoms with Gasteiger partial charge in [-0.2, -0.15) is 13.2 Å². The Kier molecular flexibility index (Phi) is 5.91. The number of nitrogens with one attached hydrogen (secondary N) is 1. The molecule has 1 aliphatic carbocycles. The lowest BCUT2D eigenvalue weighted by atomic mass is 9.77. The number of nitrogens with zero attached hydrogens (tertiary/aromatic N) is 1. The lowest BCUT2D eigenvalue weighted by Gasteiger charge is -2.40. The fourth-order valence-corrected chi connectivity index (χ4v) is 5.02. The molecular formula is C23H27F3N2O2. The number of hydrogen-bond acceptors (Lipinski definition) is 3. The maximum Gasteiger partial charge on any atom is 0.395 e. The van der Waals surface area contributed by atoms with E-state index >= 15 is 0 Å². The van der Waals surface area contributed by atoms with E-state index in [4.69, 9.17) is 4.74 Å². The molecule has 4 nitrogen and oxygen atoms in total. The second-order valence-corrected chi connectivity index (χ2v) is 8.32. The van der Waals surface area contributed by atoms with Gasteiger partial charge >= 0.3 is 6.18 Å². The van der Waals surface area contributed by atoms with E-state index in [0.717, 1.165) is 24.9 Å². The van der Waals surface area contributed by atoms with E-state index < -0.39 is 18.0 Å². The van der Waals surface area contributed by atoms with Crippen LogP contribution in [0.5, 0.6) is 5.75 Å². The van der Waals surface area contributed by atoms with Crippen molar-refractivity contribution in [1.29, 1.82) is 0 Å². The maximum absolute atomic E-state index is 13.9. The van der Waals surface area contributed by atoms with E-state index in [1.54, 1.807) is 30.2 Å². The number of hydrogen-bond donors (Lipinski definition) is 1. The number of likely N-dealkylation sites (tertiary alicyclic amines) is 1. The molecule has 0 spiro atoms. The smallest absolute Gasteiger partial charge is 0.395 e. The zero-order valence-corrected chi connectivity index (χ0v) is 17.0. The van der Waals surface area contributed by atoms with E-state index in [2.05, 4.69) is 5.32 Å². The Labute approximate surface area is 174 Å². The third kappa shape index (κ3) is 4.13. The zero-order valence-electron chi connectivity index (χ0n) is 17.0. The highest BCUT2D eigenvalue weighted by Crippen LogP contribution is 2.48. The van der Waals surface area contributed by atoms with Gasteiger partial charge in [-0.25, -0.2) is 0 Å². The van der Waals surface area contributed by atoms with Gasteiger partial charge in [-0.1, -0.05) is 24.3 Å². The van der Waals surface area contributed by atoms with Gasteiger partial charge in [0.1, 0.15) is 5.75 Å². The van der Waals surface area contributed by atoms with Crippen LogP contribution >= 0.6 is 0 Å². The summed E-state index contributed by atoms with van der Waals surface area (Å²) in [6.45, 7) is 1.49. The molecule has 4 unspecified atom stereocenters. The molecule has 4 rings (SSSR count). The minimum atomic E-state index is -4.35. The highest BCUT2D eigenvalue weighted by molar-refractivity contribution is 5.80. The van der Waals surface area contributed by atoms with Crippen LogP contribution in [0.3, 0.4) is 0 Å². The van der Waals surface area contributed by atoms with Crippen LogP contribution in [0, 0.1) is 11.8 Å². The Bertz CT molecular complexity index is 826. The summed E-state index contributed by atoms with van der Waals surface area (Å²) in [5.41, 5.74) is 1.40. The summed E-state index contributed by atoms with van der Waals surface area (Å²) in [7, 11) is 1.57. The van der Waals surface area contributed by atoms with Crippen LogP contribution in [0.15, 0.2) is 48.2 Å². The number of ether oxygens (including phenoxy) is 1. The molecule has 162 valence electrons. The lowest BCUT2D eigenvalue weighted by Crippen LogP contribution is -2.49. The Hall–Kier alpha value is -2.28. The Balaban J connectivity index is 1.72. The second-order valence-electron chi connectivity index (χ2n) is 8.32. The topological polar surface area (TPSA) is 41.6 Å². The summed E-state index contributed by atoms with van der Waals surface area (Å²) in [6.07, 6.45) is 2.28. The van der Waals surface area contributed by atoms with Crippen molar-refractivity contribution in [2.24, 2.45) is 11.8 Å². The van der Waals surface area contributed by atoms with Crippen molar-refractivity contribution >= 4 is 5.91 Å². The van der Waals surface area contributed by atoms with Crippen molar-refractivity contribution in [2.45, 2.75) is 43.8 Å². The molecule has 1 amide bonds. The number of rotatable bonds is 3. The molecular weight excluding hydrogens is 393 g/mol. The average molecular weight is 420 g/mol. The number of carbonyl (C=O) groups excluding carboxylic acids is 1. The first-order valence-corrected chi connectivity index (χ1v) is 10.5. The van der Waals surface area contributed by atoms with Crippen LogP contribution in [0.2, 0.25) is 0 Å². The molecule has 1 aromatic rings. The molecule has 1 aromatic carbocycles. The number of allylic oxidation sites excluding steroid dienone is 4. The standard InChI is InChI=1S/C23H27F3N2O2/c1-30-18-9-7-15(8-10-18)16-12-19-20(23(24,25)26)5-2-6-21(19)28(22(29)13-16)17-4-3-11-27-14-17/h2,5-10,16-17,19-20,27H,3-4,11-14H2,1H3. The van der Waals surface area contributed by atoms with Gasteiger partial charge in [0.05, 0.1) is 13.0 Å². The van der Waals surface area contributed by atoms with Crippen molar-refractivity contribution in [3.05, 3.63) is 53.8 Å². The summed E-state index contributed by atoms with van der Waals surface area (Å²) in [5.74, 6) is -2.02. The summed E-state index contributed by atoms with van der Waals surface area (Å²) in [5, 5.41) is 3.29. The van der Waals surface area contributed by atoms with Gasteiger partial charge in [-0.15, -0.1) is 0 Å². The van der Waals surface area contributed by atoms with E-state index in [-0.39, 0.29) is 30.7 Å². The molecule has 0 radical (unpaired) electrons. The summed E-state index contributed by atoms with van der Waals surface area (Å²) in [6, 6.07) is 7.21. The molecule has 1 N–H and O–H groups in total. The number of methoxy groups -OCH3 is 1. The molecule has 2 fully saturated rings. The fraction of sp³-hybridized carbons (Fsp3) is 0.522. The average Bonchev–Trinajstić information content (AvgIpc) is 2.89. The Morgan fingerprint density at radius 3 is 2.60 bits per heavy atom. The quantitative estimate of drug-likeness (QED) is 0.788. The van der Waals surface area contributed by atoms with Crippen LogP contribution in [0.25, 0.3) is 0 Å². The Morgan fingerprint density at radius 1 is 1.20 bits per heavy atom. The minimum Gasteiger partial charge on any atom is -0.497 e. The number of carbonyl (C=O) groups is 1. The number of alkyl halides is 3. The first kappa shape index (κ1) is 21.0.